The molecule has 4 N–H and O–H groups in total. The van der Waals surface area contributed by atoms with Crippen LogP contribution in [0.25, 0.3) is 0 Å². The summed E-state index contributed by atoms with van der Waals surface area (Å²) in [5.41, 5.74) is 7.95. The van der Waals surface area contributed by atoms with Crippen molar-refractivity contribution in [2.45, 2.75) is 175 Å². The molecule has 11 nitrogen and oxygen atoms in total. The van der Waals surface area contributed by atoms with E-state index in [4.69, 9.17) is 28.7 Å². The molecule has 0 aliphatic rings. The standard InChI is InChI=1S/C45H76NO10P/c1-5-7-8-9-13-18-23-29-40(47)30-24-19-14-12-17-21-26-32-44(48)52-36-41(37-54-57(50,51)53-35-34-46)55-45(49)33-27-22-16-11-10-15-20-25-31-43-39(4)38(3)42(56-43)28-6-2/h12-13,17-19,23-24,29,40-41,47H,5-11,14-16,20-22,25-28,30-37,46H2,1-4H3,(H,50,51)/b17-12+,18-13-,24-19-,29-23-/t40-,41-/m1/s1. The van der Waals surface area contributed by atoms with Gasteiger partial charge in [-0.15, -0.1) is 0 Å². The second-order valence-electron chi connectivity index (χ2n) is 14.6. The predicted molar refractivity (Wildman–Crippen MR) is 229 cm³/mol. The third-order valence-electron chi connectivity index (χ3n) is 9.47. The fraction of sp³-hybridized carbons (Fsp3) is 0.689. The molecule has 0 aromatic carbocycles. The second kappa shape index (κ2) is 34.1. The molecular weight excluding hydrogens is 745 g/mol. The molecule has 3 atom stereocenters. The molecule has 0 bridgehead atoms. The zero-order valence-electron chi connectivity index (χ0n) is 35.6. The number of esters is 2. The van der Waals surface area contributed by atoms with E-state index in [2.05, 4.69) is 33.8 Å². The normalized spacial score (nSPS) is 14.3. The third kappa shape index (κ3) is 28.3. The number of carbonyl (C=O) groups excluding carboxylic acids is 2. The van der Waals surface area contributed by atoms with Crippen molar-refractivity contribution >= 4 is 19.8 Å². The fourth-order valence-corrected chi connectivity index (χ4v) is 6.75. The molecule has 1 aromatic heterocycles. The Labute approximate surface area is 344 Å². The fourth-order valence-electron chi connectivity index (χ4n) is 5.99. The Bertz CT molecular complexity index is 1370. The molecule has 0 amide bonds. The monoisotopic (exact) mass is 822 g/mol. The minimum atomic E-state index is -4.42. The van der Waals surface area contributed by atoms with E-state index in [1.807, 2.05) is 36.5 Å². The molecule has 1 unspecified atom stereocenters. The number of rotatable bonds is 36. The molecular formula is C45H76NO10P. The van der Waals surface area contributed by atoms with Gasteiger partial charge in [-0.1, -0.05) is 114 Å². The number of ether oxygens (including phenoxy) is 2. The Morgan fingerprint density at radius 1 is 0.737 bits per heavy atom. The van der Waals surface area contributed by atoms with Crippen LogP contribution in [-0.2, 0) is 45.5 Å². The average Bonchev–Trinajstić information content (AvgIpc) is 3.45. The number of aliphatic hydroxyl groups is 1. The topological polar surface area (TPSA) is 168 Å². The van der Waals surface area contributed by atoms with Crippen molar-refractivity contribution in [2.24, 2.45) is 5.73 Å². The maximum atomic E-state index is 12.6. The van der Waals surface area contributed by atoms with Gasteiger partial charge in [0.25, 0.3) is 0 Å². The van der Waals surface area contributed by atoms with Gasteiger partial charge >= 0.3 is 19.8 Å². The van der Waals surface area contributed by atoms with E-state index < -0.39 is 38.6 Å². The first-order valence-corrected chi connectivity index (χ1v) is 23.1. The van der Waals surface area contributed by atoms with Crippen LogP contribution in [0, 0.1) is 13.8 Å². The van der Waals surface area contributed by atoms with E-state index in [9.17, 15) is 24.2 Å². The van der Waals surface area contributed by atoms with Crippen LogP contribution >= 0.6 is 7.82 Å². The van der Waals surface area contributed by atoms with E-state index in [1.165, 1.54) is 43.2 Å². The molecule has 0 fully saturated rings. The zero-order valence-corrected chi connectivity index (χ0v) is 36.5. The van der Waals surface area contributed by atoms with Gasteiger partial charge in [-0.25, -0.2) is 4.57 Å². The summed E-state index contributed by atoms with van der Waals surface area (Å²) in [6.45, 7) is 7.74. The number of hydrogen-bond donors (Lipinski definition) is 3. The third-order valence-corrected chi connectivity index (χ3v) is 10.5. The number of aryl methyl sites for hydroxylation is 2. The molecule has 326 valence electrons. The van der Waals surface area contributed by atoms with Crippen LogP contribution in [0.1, 0.15) is 158 Å². The number of phosphoric acid groups is 1. The lowest BCUT2D eigenvalue weighted by atomic mass is 10.0. The van der Waals surface area contributed by atoms with Crippen molar-refractivity contribution < 1.29 is 47.1 Å². The van der Waals surface area contributed by atoms with Crippen molar-refractivity contribution in [2.75, 3.05) is 26.4 Å². The van der Waals surface area contributed by atoms with Crippen LogP contribution in [-0.4, -0.2) is 60.5 Å². The lowest BCUT2D eigenvalue weighted by Gasteiger charge is -2.19. The van der Waals surface area contributed by atoms with Crippen molar-refractivity contribution in [1.29, 1.82) is 0 Å². The van der Waals surface area contributed by atoms with E-state index in [-0.39, 0.29) is 32.6 Å². The maximum absolute atomic E-state index is 12.6. The molecule has 0 saturated heterocycles. The summed E-state index contributed by atoms with van der Waals surface area (Å²) in [4.78, 5) is 34.9. The van der Waals surface area contributed by atoms with Gasteiger partial charge in [0.1, 0.15) is 18.1 Å². The lowest BCUT2D eigenvalue weighted by Crippen LogP contribution is -2.29. The first-order valence-electron chi connectivity index (χ1n) is 21.6. The second-order valence-corrected chi connectivity index (χ2v) is 16.1. The van der Waals surface area contributed by atoms with Crippen molar-refractivity contribution in [1.82, 2.24) is 0 Å². The molecule has 1 aromatic rings. The quantitative estimate of drug-likeness (QED) is 0.0194. The first-order chi connectivity index (χ1) is 27.5. The van der Waals surface area contributed by atoms with Gasteiger partial charge in [-0.3, -0.25) is 18.6 Å². The predicted octanol–water partition coefficient (Wildman–Crippen LogP) is 10.6. The number of aliphatic hydroxyl groups excluding tert-OH is 1. The highest BCUT2D eigenvalue weighted by atomic mass is 31.2. The number of unbranched alkanes of at least 4 members (excludes halogenated alkanes) is 11. The highest BCUT2D eigenvalue weighted by Gasteiger charge is 2.26. The average molecular weight is 822 g/mol. The summed E-state index contributed by atoms with van der Waals surface area (Å²) in [6.07, 6.45) is 33.1. The molecule has 0 aliphatic carbocycles. The molecule has 12 heteroatoms. The van der Waals surface area contributed by atoms with Crippen LogP contribution in [0.5, 0.6) is 0 Å². The lowest BCUT2D eigenvalue weighted by molar-refractivity contribution is -0.161. The number of hydrogen-bond acceptors (Lipinski definition) is 10. The highest BCUT2D eigenvalue weighted by Crippen LogP contribution is 2.43. The Hall–Kier alpha value is -2.79. The molecule has 0 saturated carbocycles. The van der Waals surface area contributed by atoms with Gasteiger partial charge < -0.3 is 29.6 Å². The van der Waals surface area contributed by atoms with Crippen molar-refractivity contribution in [3.8, 4) is 0 Å². The molecule has 0 radical (unpaired) electrons. The van der Waals surface area contributed by atoms with Gasteiger partial charge in [0, 0.05) is 32.2 Å². The Kier molecular flexibility index (Phi) is 31.3. The van der Waals surface area contributed by atoms with E-state index in [0.29, 0.717) is 25.7 Å². The smallest absolute Gasteiger partial charge is 0.466 e. The summed E-state index contributed by atoms with van der Waals surface area (Å²) in [7, 11) is -4.42. The molecule has 0 spiro atoms. The minimum absolute atomic E-state index is 0.0283. The summed E-state index contributed by atoms with van der Waals surface area (Å²) in [6, 6.07) is 0. The molecule has 57 heavy (non-hydrogen) atoms. The van der Waals surface area contributed by atoms with Gasteiger partial charge in [-0.05, 0) is 82.8 Å². The summed E-state index contributed by atoms with van der Waals surface area (Å²) >= 11 is 0. The largest absolute Gasteiger partial charge is 0.472 e. The number of phosphoric ester groups is 1. The van der Waals surface area contributed by atoms with Crippen molar-refractivity contribution in [3.63, 3.8) is 0 Å². The van der Waals surface area contributed by atoms with Crippen LogP contribution in [0.15, 0.2) is 53.0 Å². The minimum Gasteiger partial charge on any atom is -0.466 e. The van der Waals surface area contributed by atoms with Gasteiger partial charge in [-0.2, -0.15) is 0 Å². The SMILES string of the molecule is CCCCC/C=C\C=C/[C@@H](O)C/C=C\C/C=C/CCCC(=O)OC[C@H](COP(=O)(O)OCCN)OC(=O)CCCCCCCCCCc1oc(CCC)c(C)c1C. The Morgan fingerprint density at radius 3 is 2.09 bits per heavy atom. The summed E-state index contributed by atoms with van der Waals surface area (Å²) in [5, 5.41) is 10.1. The number of furan rings is 1. The van der Waals surface area contributed by atoms with E-state index in [1.54, 1.807) is 6.08 Å². The van der Waals surface area contributed by atoms with Crippen LogP contribution in [0.2, 0.25) is 0 Å². The first kappa shape index (κ1) is 52.2. The molecule has 1 rings (SSSR count). The van der Waals surface area contributed by atoms with E-state index in [0.717, 1.165) is 75.7 Å². The van der Waals surface area contributed by atoms with Gasteiger partial charge in [0.15, 0.2) is 6.10 Å². The van der Waals surface area contributed by atoms with Gasteiger partial charge in [0.2, 0.25) is 0 Å². The summed E-state index contributed by atoms with van der Waals surface area (Å²) in [5.74, 6) is 1.31. The number of carbonyl (C=O) groups is 2. The van der Waals surface area contributed by atoms with Crippen LogP contribution in [0.3, 0.4) is 0 Å². The van der Waals surface area contributed by atoms with Crippen LogP contribution in [0.4, 0.5) is 0 Å². The number of nitrogens with two attached hydrogens (primary N) is 1. The Balaban J connectivity index is 2.31. The number of allylic oxidation sites excluding steroid dienone is 6. The maximum Gasteiger partial charge on any atom is 0.472 e. The highest BCUT2D eigenvalue weighted by molar-refractivity contribution is 7.47. The van der Waals surface area contributed by atoms with Crippen LogP contribution < -0.4 is 5.73 Å². The Morgan fingerprint density at radius 2 is 1.39 bits per heavy atom. The summed E-state index contributed by atoms with van der Waals surface area (Å²) < 4.78 is 38.8. The van der Waals surface area contributed by atoms with E-state index >= 15 is 0 Å². The van der Waals surface area contributed by atoms with Crippen molar-refractivity contribution in [3.05, 3.63) is 71.3 Å². The molecule has 1 heterocycles. The zero-order chi connectivity index (χ0) is 42.0. The van der Waals surface area contributed by atoms with Gasteiger partial charge in [0.05, 0.1) is 19.3 Å². The molecule has 0 aliphatic heterocycles.